The molecular weight excluding hydrogens is 120 g/mol. The quantitative estimate of drug-likeness (QED) is 0.484. The zero-order chi connectivity index (χ0) is 7.61. The van der Waals surface area contributed by atoms with Gasteiger partial charge in [-0.25, -0.2) is 0 Å². The first-order valence-corrected chi connectivity index (χ1v) is 3.68. The van der Waals surface area contributed by atoms with Gasteiger partial charge in [0, 0.05) is 5.41 Å². The molecule has 2 atom stereocenters. The number of allylic oxidation sites excluding steroid dienone is 5. The Morgan fingerprint density at radius 1 is 1.50 bits per heavy atom. The van der Waals surface area contributed by atoms with E-state index in [1.807, 2.05) is 6.08 Å². The maximum absolute atomic E-state index is 3.82. The third-order valence-corrected chi connectivity index (χ3v) is 2.39. The topological polar surface area (TPSA) is 0 Å². The van der Waals surface area contributed by atoms with E-state index >= 15 is 0 Å². The van der Waals surface area contributed by atoms with Crippen molar-refractivity contribution in [2.24, 2.45) is 11.3 Å². The predicted octanol–water partition coefficient (Wildman–Crippen LogP) is 2.94. The third kappa shape index (κ3) is 1.06. The summed E-state index contributed by atoms with van der Waals surface area (Å²) in [5.74, 6) is 0.579. The van der Waals surface area contributed by atoms with Crippen molar-refractivity contribution in [3.05, 3.63) is 37.0 Å². The summed E-state index contributed by atoms with van der Waals surface area (Å²) in [5.41, 5.74) is 0.175. The van der Waals surface area contributed by atoms with Crippen LogP contribution in [0.25, 0.3) is 0 Å². The van der Waals surface area contributed by atoms with E-state index in [0.717, 1.165) is 0 Å². The van der Waals surface area contributed by atoms with E-state index in [2.05, 4.69) is 44.7 Å². The molecule has 0 saturated carbocycles. The second-order valence-corrected chi connectivity index (χ2v) is 3.10. The highest BCUT2D eigenvalue weighted by atomic mass is 14.3. The molecule has 0 heteroatoms. The summed E-state index contributed by atoms with van der Waals surface area (Å²) in [6.07, 6.45) is 10.6. The first kappa shape index (κ1) is 7.33. The van der Waals surface area contributed by atoms with E-state index in [4.69, 9.17) is 0 Å². The van der Waals surface area contributed by atoms with E-state index in [9.17, 15) is 0 Å². The summed E-state index contributed by atoms with van der Waals surface area (Å²) in [6, 6.07) is 0. The van der Waals surface area contributed by atoms with Gasteiger partial charge < -0.3 is 0 Å². The minimum absolute atomic E-state index is 0.175. The molecular formula is C10H14. The number of hydrogen-bond donors (Lipinski definition) is 0. The molecule has 0 N–H and O–H groups in total. The molecule has 0 aromatic heterocycles. The van der Waals surface area contributed by atoms with E-state index in [0.29, 0.717) is 5.92 Å². The lowest BCUT2D eigenvalue weighted by Crippen LogP contribution is -2.19. The Kier molecular flexibility index (Phi) is 1.80. The minimum Gasteiger partial charge on any atom is -0.102 e. The fourth-order valence-corrected chi connectivity index (χ4v) is 1.11. The highest BCUT2D eigenvalue weighted by molar-refractivity contribution is 5.22. The summed E-state index contributed by atoms with van der Waals surface area (Å²) in [6.45, 7) is 8.23. The fraction of sp³-hybridized carbons (Fsp3) is 0.400. The van der Waals surface area contributed by atoms with Gasteiger partial charge in [0.05, 0.1) is 0 Å². The Hall–Kier alpha value is -0.780. The van der Waals surface area contributed by atoms with E-state index in [1.54, 1.807) is 0 Å². The van der Waals surface area contributed by atoms with Crippen LogP contribution in [-0.2, 0) is 0 Å². The van der Waals surface area contributed by atoms with Gasteiger partial charge in [-0.1, -0.05) is 44.2 Å². The largest absolute Gasteiger partial charge is 0.102 e. The van der Waals surface area contributed by atoms with Crippen LogP contribution < -0.4 is 0 Å². The molecule has 0 aliphatic heterocycles. The molecule has 0 nitrogen and oxygen atoms in total. The van der Waals surface area contributed by atoms with Crippen molar-refractivity contribution in [1.82, 2.24) is 0 Å². The van der Waals surface area contributed by atoms with Crippen LogP contribution in [0.1, 0.15) is 13.8 Å². The van der Waals surface area contributed by atoms with Gasteiger partial charge in [-0.05, 0) is 5.92 Å². The van der Waals surface area contributed by atoms with Crippen LogP contribution in [0.2, 0.25) is 0 Å². The van der Waals surface area contributed by atoms with E-state index < -0.39 is 0 Å². The van der Waals surface area contributed by atoms with Crippen LogP contribution in [0.5, 0.6) is 0 Å². The lowest BCUT2D eigenvalue weighted by atomic mass is 9.76. The Bertz CT molecular complexity index is 186. The molecule has 0 saturated heterocycles. The van der Waals surface area contributed by atoms with Gasteiger partial charge in [0.25, 0.3) is 0 Å². The molecule has 10 heavy (non-hydrogen) atoms. The van der Waals surface area contributed by atoms with Crippen LogP contribution in [0.4, 0.5) is 0 Å². The zero-order valence-corrected chi connectivity index (χ0v) is 6.67. The molecule has 1 aliphatic carbocycles. The molecule has 1 aliphatic rings. The standard InChI is InChI=1S/C10H14/c1-4-10(3)8-6-5-7-9(10)2/h4-9H,1H2,2-3H3. The molecule has 2 unspecified atom stereocenters. The Morgan fingerprint density at radius 3 is 2.60 bits per heavy atom. The Balaban J connectivity index is 2.87. The molecule has 0 amide bonds. The third-order valence-electron chi connectivity index (χ3n) is 2.39. The van der Waals surface area contributed by atoms with Gasteiger partial charge in [0.1, 0.15) is 0 Å². The highest BCUT2D eigenvalue weighted by Gasteiger charge is 2.23. The molecule has 0 aromatic rings. The fourth-order valence-electron chi connectivity index (χ4n) is 1.11. The minimum atomic E-state index is 0.175. The van der Waals surface area contributed by atoms with Gasteiger partial charge in [-0.3, -0.25) is 0 Å². The molecule has 0 heterocycles. The highest BCUT2D eigenvalue weighted by Crippen LogP contribution is 2.33. The molecule has 54 valence electrons. The first-order chi connectivity index (χ1) is 4.69. The second kappa shape index (κ2) is 2.45. The molecule has 0 spiro atoms. The van der Waals surface area contributed by atoms with Crippen LogP contribution in [0.15, 0.2) is 37.0 Å². The van der Waals surface area contributed by atoms with Crippen molar-refractivity contribution in [2.45, 2.75) is 13.8 Å². The smallest absolute Gasteiger partial charge is 0.00933 e. The van der Waals surface area contributed by atoms with Gasteiger partial charge in [0.15, 0.2) is 0 Å². The lowest BCUT2D eigenvalue weighted by molar-refractivity contribution is 0.420. The summed E-state index contributed by atoms with van der Waals surface area (Å²) < 4.78 is 0. The normalized spacial score (nSPS) is 38.0. The van der Waals surface area contributed by atoms with Gasteiger partial charge in [0.2, 0.25) is 0 Å². The van der Waals surface area contributed by atoms with Crippen molar-refractivity contribution in [3.63, 3.8) is 0 Å². The van der Waals surface area contributed by atoms with Crippen molar-refractivity contribution in [2.75, 3.05) is 0 Å². The maximum atomic E-state index is 3.82. The van der Waals surface area contributed by atoms with Crippen molar-refractivity contribution in [3.8, 4) is 0 Å². The molecule has 0 aromatic carbocycles. The second-order valence-electron chi connectivity index (χ2n) is 3.10. The first-order valence-electron chi connectivity index (χ1n) is 3.68. The van der Waals surface area contributed by atoms with Gasteiger partial charge in [-0.2, -0.15) is 0 Å². The number of rotatable bonds is 1. The van der Waals surface area contributed by atoms with Gasteiger partial charge >= 0.3 is 0 Å². The summed E-state index contributed by atoms with van der Waals surface area (Å²) in [5, 5.41) is 0. The molecule has 0 bridgehead atoms. The van der Waals surface area contributed by atoms with E-state index in [-0.39, 0.29) is 5.41 Å². The van der Waals surface area contributed by atoms with Crippen molar-refractivity contribution >= 4 is 0 Å². The van der Waals surface area contributed by atoms with Gasteiger partial charge in [-0.15, -0.1) is 6.58 Å². The van der Waals surface area contributed by atoms with Crippen LogP contribution in [0.3, 0.4) is 0 Å². The summed E-state index contributed by atoms with van der Waals surface area (Å²) in [7, 11) is 0. The molecule has 1 rings (SSSR count). The maximum Gasteiger partial charge on any atom is 0.00933 e. The average molecular weight is 134 g/mol. The molecule has 0 fully saturated rings. The van der Waals surface area contributed by atoms with Crippen molar-refractivity contribution < 1.29 is 0 Å². The van der Waals surface area contributed by atoms with E-state index in [1.165, 1.54) is 0 Å². The monoisotopic (exact) mass is 134 g/mol. The number of hydrogen-bond acceptors (Lipinski definition) is 0. The Morgan fingerprint density at radius 2 is 2.20 bits per heavy atom. The SMILES string of the molecule is C=CC1(C)C=CC=CC1C. The summed E-state index contributed by atoms with van der Waals surface area (Å²) in [4.78, 5) is 0. The van der Waals surface area contributed by atoms with Crippen LogP contribution >= 0.6 is 0 Å². The zero-order valence-electron chi connectivity index (χ0n) is 6.67. The van der Waals surface area contributed by atoms with Crippen LogP contribution in [-0.4, -0.2) is 0 Å². The Labute approximate surface area is 62.9 Å². The average Bonchev–Trinajstić information content (AvgIpc) is 1.96. The lowest BCUT2D eigenvalue weighted by Gasteiger charge is -2.29. The predicted molar refractivity (Wildman–Crippen MR) is 45.7 cm³/mol. The molecule has 0 radical (unpaired) electrons. The summed E-state index contributed by atoms with van der Waals surface area (Å²) >= 11 is 0. The van der Waals surface area contributed by atoms with Crippen LogP contribution in [0, 0.1) is 11.3 Å². The van der Waals surface area contributed by atoms with Crippen molar-refractivity contribution in [1.29, 1.82) is 0 Å².